The quantitative estimate of drug-likeness (QED) is 0.638. The Labute approximate surface area is 111 Å². The van der Waals surface area contributed by atoms with Crippen molar-refractivity contribution in [3.05, 3.63) is 35.4 Å². The van der Waals surface area contributed by atoms with Crippen molar-refractivity contribution >= 4 is 0 Å². The van der Waals surface area contributed by atoms with E-state index in [2.05, 4.69) is 17.2 Å². The van der Waals surface area contributed by atoms with Crippen molar-refractivity contribution in [2.24, 2.45) is 5.84 Å². The Kier molecular flexibility index (Phi) is 4.81. The topological polar surface area (TPSA) is 50.5 Å². The minimum atomic E-state index is -0.611. The van der Waals surface area contributed by atoms with Crippen molar-refractivity contribution in [2.75, 3.05) is 26.2 Å². The first kappa shape index (κ1) is 14.3. The van der Waals surface area contributed by atoms with E-state index < -0.39 is 17.7 Å². The molecule has 2 atom stereocenters. The molecule has 0 spiro atoms. The number of nitrogens with two attached hydrogens (primary N) is 1. The highest BCUT2D eigenvalue weighted by Gasteiger charge is 2.29. The van der Waals surface area contributed by atoms with Crippen LogP contribution in [0.25, 0.3) is 0 Å². The summed E-state index contributed by atoms with van der Waals surface area (Å²) < 4.78 is 32.4. The van der Waals surface area contributed by atoms with Gasteiger partial charge in [0.05, 0.1) is 18.8 Å². The number of halogens is 2. The van der Waals surface area contributed by atoms with Crippen molar-refractivity contribution in [3.8, 4) is 0 Å². The van der Waals surface area contributed by atoms with E-state index in [1.807, 2.05) is 0 Å². The van der Waals surface area contributed by atoms with Gasteiger partial charge in [-0.15, -0.1) is 0 Å². The second kappa shape index (κ2) is 6.38. The Morgan fingerprint density at radius 1 is 1.53 bits per heavy atom. The summed E-state index contributed by atoms with van der Waals surface area (Å²) in [4.78, 5) is 2.21. The zero-order valence-electron chi connectivity index (χ0n) is 10.9. The predicted octanol–water partition coefficient (Wildman–Crippen LogP) is 1.19. The summed E-state index contributed by atoms with van der Waals surface area (Å²) in [5, 5.41) is 0. The number of nitrogens with zero attached hydrogens (tertiary/aromatic N) is 1. The molecule has 1 saturated heterocycles. The smallest absolute Gasteiger partial charge is 0.131 e. The van der Waals surface area contributed by atoms with Gasteiger partial charge in [-0.25, -0.2) is 8.78 Å². The normalized spacial score (nSPS) is 22.4. The van der Waals surface area contributed by atoms with E-state index in [4.69, 9.17) is 10.6 Å². The minimum absolute atomic E-state index is 0.251. The fourth-order valence-electron chi connectivity index (χ4n) is 2.37. The molecular formula is C13H19F2N3O. The lowest BCUT2D eigenvalue weighted by molar-refractivity contribution is -0.0461. The Morgan fingerprint density at radius 2 is 2.32 bits per heavy atom. The van der Waals surface area contributed by atoms with Crippen LogP contribution in [0, 0.1) is 11.6 Å². The van der Waals surface area contributed by atoms with Crippen LogP contribution < -0.4 is 11.3 Å². The van der Waals surface area contributed by atoms with E-state index >= 15 is 0 Å². The van der Waals surface area contributed by atoms with E-state index in [1.165, 1.54) is 12.1 Å². The molecule has 0 radical (unpaired) electrons. The fourth-order valence-corrected chi connectivity index (χ4v) is 2.37. The van der Waals surface area contributed by atoms with Crippen LogP contribution in [0.3, 0.4) is 0 Å². The Hall–Kier alpha value is -1.08. The van der Waals surface area contributed by atoms with Gasteiger partial charge in [-0.2, -0.15) is 0 Å². The molecule has 6 heteroatoms. The molecule has 0 amide bonds. The largest absolute Gasteiger partial charge is 0.374 e. The van der Waals surface area contributed by atoms with Gasteiger partial charge in [-0.05, 0) is 12.6 Å². The lowest BCUT2D eigenvalue weighted by Crippen LogP contribution is -2.49. The average Bonchev–Trinajstić information content (AvgIpc) is 2.42. The number of hydrazine groups is 1. The molecule has 0 saturated carbocycles. The number of hydrogen-bond acceptors (Lipinski definition) is 4. The molecule has 2 unspecified atom stereocenters. The zero-order valence-corrected chi connectivity index (χ0v) is 10.9. The third-order valence-electron chi connectivity index (χ3n) is 3.47. The molecule has 19 heavy (non-hydrogen) atoms. The number of benzene rings is 1. The van der Waals surface area contributed by atoms with E-state index in [0.717, 1.165) is 19.2 Å². The molecule has 0 aromatic heterocycles. The van der Waals surface area contributed by atoms with E-state index in [1.54, 1.807) is 0 Å². The summed E-state index contributed by atoms with van der Waals surface area (Å²) in [6.07, 6.45) is -0.251. The number of rotatable bonds is 4. The molecule has 0 bridgehead atoms. The van der Waals surface area contributed by atoms with Crippen molar-refractivity contribution in [3.63, 3.8) is 0 Å². The molecule has 2 rings (SSSR count). The highest BCUT2D eigenvalue weighted by molar-refractivity contribution is 5.23. The molecule has 0 aliphatic carbocycles. The highest BCUT2D eigenvalue weighted by atomic mass is 19.1. The number of morpholine rings is 1. The standard InChI is InChI=1S/C13H19F2N3O/c1-2-18-5-6-19-12(8-18)13(17-16)10-4-3-9(14)7-11(10)15/h3-4,7,12-13,17H,2,5-6,8,16H2,1H3. The molecule has 1 aromatic carbocycles. The molecule has 1 fully saturated rings. The maximum Gasteiger partial charge on any atom is 0.131 e. The first-order chi connectivity index (χ1) is 9.15. The van der Waals surface area contributed by atoms with Gasteiger partial charge >= 0.3 is 0 Å². The fraction of sp³-hybridized carbons (Fsp3) is 0.538. The highest BCUT2D eigenvalue weighted by Crippen LogP contribution is 2.24. The van der Waals surface area contributed by atoms with Gasteiger partial charge in [0.1, 0.15) is 11.6 Å². The van der Waals surface area contributed by atoms with Crippen LogP contribution in [-0.4, -0.2) is 37.2 Å². The van der Waals surface area contributed by atoms with E-state index in [9.17, 15) is 8.78 Å². The Balaban J connectivity index is 2.19. The van der Waals surface area contributed by atoms with E-state index in [-0.39, 0.29) is 6.10 Å². The first-order valence-corrected chi connectivity index (χ1v) is 6.40. The van der Waals surface area contributed by atoms with Gasteiger partial charge in [0.25, 0.3) is 0 Å². The molecular weight excluding hydrogens is 252 g/mol. The summed E-state index contributed by atoms with van der Waals surface area (Å²) in [6, 6.07) is 3.00. The van der Waals surface area contributed by atoms with Crippen LogP contribution in [0.1, 0.15) is 18.5 Å². The molecule has 106 valence electrons. The van der Waals surface area contributed by atoms with E-state index in [0.29, 0.717) is 18.7 Å². The van der Waals surface area contributed by atoms with Crippen LogP contribution in [0.2, 0.25) is 0 Å². The maximum absolute atomic E-state index is 13.8. The minimum Gasteiger partial charge on any atom is -0.374 e. The third-order valence-corrected chi connectivity index (χ3v) is 3.47. The van der Waals surface area contributed by atoms with Crippen molar-refractivity contribution in [2.45, 2.75) is 19.1 Å². The van der Waals surface area contributed by atoms with Crippen molar-refractivity contribution < 1.29 is 13.5 Å². The summed E-state index contributed by atoms with van der Waals surface area (Å²) in [7, 11) is 0. The maximum atomic E-state index is 13.8. The molecule has 1 heterocycles. The van der Waals surface area contributed by atoms with Crippen LogP contribution in [0.5, 0.6) is 0 Å². The third kappa shape index (κ3) is 3.27. The van der Waals surface area contributed by atoms with Gasteiger partial charge in [0, 0.05) is 24.7 Å². The van der Waals surface area contributed by atoms with Gasteiger partial charge < -0.3 is 4.74 Å². The van der Waals surface area contributed by atoms with Crippen LogP contribution >= 0.6 is 0 Å². The van der Waals surface area contributed by atoms with Gasteiger partial charge in [-0.1, -0.05) is 13.0 Å². The predicted molar refractivity (Wildman–Crippen MR) is 68.3 cm³/mol. The summed E-state index contributed by atoms with van der Waals surface area (Å²) in [6.45, 7) is 5.08. The van der Waals surface area contributed by atoms with Gasteiger partial charge in [-0.3, -0.25) is 16.2 Å². The van der Waals surface area contributed by atoms with Gasteiger partial charge in [0.15, 0.2) is 0 Å². The summed E-state index contributed by atoms with van der Waals surface area (Å²) >= 11 is 0. The molecule has 1 aliphatic rings. The zero-order chi connectivity index (χ0) is 13.8. The second-order valence-electron chi connectivity index (χ2n) is 4.61. The Bertz CT molecular complexity index is 430. The molecule has 4 nitrogen and oxygen atoms in total. The van der Waals surface area contributed by atoms with Crippen molar-refractivity contribution in [1.29, 1.82) is 0 Å². The van der Waals surface area contributed by atoms with Crippen molar-refractivity contribution in [1.82, 2.24) is 10.3 Å². The first-order valence-electron chi connectivity index (χ1n) is 6.40. The second-order valence-corrected chi connectivity index (χ2v) is 4.61. The molecule has 1 aliphatic heterocycles. The average molecular weight is 271 g/mol. The van der Waals surface area contributed by atoms with Gasteiger partial charge in [0.2, 0.25) is 0 Å². The SMILES string of the molecule is CCN1CCOC(C(NN)c2ccc(F)cc2F)C1. The molecule has 1 aromatic rings. The van der Waals surface area contributed by atoms with Crippen LogP contribution in [0.4, 0.5) is 8.78 Å². The summed E-state index contributed by atoms with van der Waals surface area (Å²) in [5.74, 6) is 4.31. The lowest BCUT2D eigenvalue weighted by Gasteiger charge is -2.36. The lowest BCUT2D eigenvalue weighted by atomic mass is 10.00. The van der Waals surface area contributed by atoms with Crippen LogP contribution in [-0.2, 0) is 4.74 Å². The summed E-state index contributed by atoms with van der Waals surface area (Å²) in [5.41, 5.74) is 2.90. The number of likely N-dealkylation sites (N-methyl/N-ethyl adjacent to an activating group) is 1. The number of hydrogen-bond donors (Lipinski definition) is 2. The number of nitrogens with one attached hydrogen (secondary N) is 1. The Morgan fingerprint density at radius 3 is 2.95 bits per heavy atom. The van der Waals surface area contributed by atoms with Crippen LogP contribution in [0.15, 0.2) is 18.2 Å². The number of ether oxygens (including phenoxy) is 1. The molecule has 3 N–H and O–H groups in total. The monoisotopic (exact) mass is 271 g/mol.